The zero-order valence-electron chi connectivity index (χ0n) is 19.8. The minimum atomic E-state index is -3.76. The molecule has 0 atom stereocenters. The number of hydrogen-bond donors (Lipinski definition) is 1. The van der Waals surface area contributed by atoms with Crippen molar-refractivity contribution in [1.29, 1.82) is 0 Å². The number of rotatable bonds is 10. The van der Waals surface area contributed by atoms with Crippen molar-refractivity contribution in [2.75, 3.05) is 50.1 Å². The molecule has 0 saturated carbocycles. The second-order valence-corrected chi connectivity index (χ2v) is 9.63. The number of nitrogens with one attached hydrogen (secondary N) is 1. The van der Waals surface area contributed by atoms with E-state index >= 15 is 0 Å². The molecule has 1 aliphatic rings. The maximum Gasteiger partial charge on any atom is 0.246 e. The molecule has 33 heavy (non-hydrogen) atoms. The van der Waals surface area contributed by atoms with E-state index in [0.717, 1.165) is 36.4 Å². The molecule has 8 nitrogen and oxygen atoms in total. The van der Waals surface area contributed by atoms with Gasteiger partial charge in [-0.25, -0.2) is 8.42 Å². The van der Waals surface area contributed by atoms with Gasteiger partial charge in [0.05, 0.1) is 25.9 Å². The van der Waals surface area contributed by atoms with Gasteiger partial charge in [0, 0.05) is 25.3 Å². The van der Waals surface area contributed by atoms with Crippen LogP contribution in [-0.4, -0.2) is 58.5 Å². The first kappa shape index (κ1) is 24.9. The lowest BCUT2D eigenvalue weighted by atomic mass is 10.0. The van der Waals surface area contributed by atoms with Gasteiger partial charge in [-0.1, -0.05) is 26.0 Å². The number of ether oxygens (including phenoxy) is 2. The van der Waals surface area contributed by atoms with Crippen LogP contribution in [0.25, 0.3) is 0 Å². The highest BCUT2D eigenvalue weighted by molar-refractivity contribution is 7.89. The number of carbonyl (C=O) groups is 1. The number of nitrogens with zero attached hydrogens (tertiary/aromatic N) is 2. The normalized spacial score (nSPS) is 13.5. The van der Waals surface area contributed by atoms with E-state index in [1.165, 1.54) is 10.4 Å². The van der Waals surface area contributed by atoms with Crippen LogP contribution < -0.4 is 19.7 Å². The molecule has 2 aromatic rings. The predicted molar refractivity (Wildman–Crippen MR) is 130 cm³/mol. The van der Waals surface area contributed by atoms with Gasteiger partial charge in [0.15, 0.2) is 0 Å². The summed E-state index contributed by atoms with van der Waals surface area (Å²) in [7, 11) is -2.13. The second-order valence-electron chi connectivity index (χ2n) is 7.73. The molecule has 0 radical (unpaired) electrons. The molecule has 0 aromatic heterocycles. The molecule has 0 bridgehead atoms. The van der Waals surface area contributed by atoms with Crippen molar-refractivity contribution in [2.45, 2.75) is 38.5 Å². The second kappa shape index (κ2) is 10.9. The van der Waals surface area contributed by atoms with Gasteiger partial charge in [0.2, 0.25) is 15.9 Å². The Morgan fingerprint density at radius 3 is 2.55 bits per heavy atom. The van der Waals surface area contributed by atoms with Gasteiger partial charge in [0.1, 0.15) is 16.4 Å². The quantitative estimate of drug-likeness (QED) is 0.566. The van der Waals surface area contributed by atoms with Crippen LogP contribution in [0.1, 0.15) is 32.8 Å². The summed E-state index contributed by atoms with van der Waals surface area (Å²) in [6.07, 6.45) is 1.89. The van der Waals surface area contributed by atoms with Crippen LogP contribution >= 0.6 is 0 Å². The Morgan fingerprint density at radius 1 is 1.12 bits per heavy atom. The maximum atomic E-state index is 13.2. The standard InChI is InChI=1S/C24H33N3O5S/c1-5-27(6-2)33(29,30)22-16-19(13-14-20(22)32-7-3)25-23(28)17-26-15-9-11-18-10-8-12-21(31-4)24(18)26/h8,10,12-14,16H,5-7,9,11,15,17H2,1-4H3,(H,25,28). The number of benzene rings is 2. The van der Waals surface area contributed by atoms with Gasteiger partial charge in [0.25, 0.3) is 0 Å². The topological polar surface area (TPSA) is 88.2 Å². The summed E-state index contributed by atoms with van der Waals surface area (Å²) in [6.45, 7) is 7.28. The molecule has 0 fully saturated rings. The Kier molecular flexibility index (Phi) is 8.20. The van der Waals surface area contributed by atoms with E-state index in [1.807, 2.05) is 17.0 Å². The predicted octanol–water partition coefficient (Wildman–Crippen LogP) is 3.52. The highest BCUT2D eigenvalue weighted by atomic mass is 32.2. The third kappa shape index (κ3) is 5.42. The van der Waals surface area contributed by atoms with Gasteiger partial charge in [-0.3, -0.25) is 4.79 Å². The summed E-state index contributed by atoms with van der Waals surface area (Å²) in [5.41, 5.74) is 2.51. The number of carbonyl (C=O) groups excluding carboxylic acids is 1. The molecule has 1 amide bonds. The van der Waals surface area contributed by atoms with Gasteiger partial charge in [-0.05, 0) is 49.6 Å². The van der Waals surface area contributed by atoms with E-state index in [0.29, 0.717) is 25.4 Å². The van der Waals surface area contributed by atoms with E-state index in [4.69, 9.17) is 9.47 Å². The number of aryl methyl sites for hydroxylation is 1. The lowest BCUT2D eigenvalue weighted by molar-refractivity contribution is -0.115. The molecular weight excluding hydrogens is 442 g/mol. The number of anilines is 2. The Labute approximate surface area is 196 Å². The fourth-order valence-corrected chi connectivity index (χ4v) is 5.78. The SMILES string of the molecule is CCOc1ccc(NC(=O)CN2CCCc3cccc(OC)c32)cc1S(=O)(=O)N(CC)CC. The first-order chi connectivity index (χ1) is 15.8. The monoisotopic (exact) mass is 475 g/mol. The molecule has 2 aromatic carbocycles. The van der Waals surface area contributed by atoms with E-state index in [2.05, 4.69) is 11.4 Å². The minimum absolute atomic E-state index is 0.0517. The lowest BCUT2D eigenvalue weighted by Crippen LogP contribution is -2.37. The van der Waals surface area contributed by atoms with E-state index in [-0.39, 0.29) is 23.1 Å². The molecule has 0 unspecified atom stereocenters. The Bertz CT molecular complexity index is 1070. The molecule has 9 heteroatoms. The number of para-hydroxylation sites is 1. The zero-order chi connectivity index (χ0) is 24.0. The highest BCUT2D eigenvalue weighted by Gasteiger charge is 2.27. The van der Waals surface area contributed by atoms with Crippen molar-refractivity contribution >= 4 is 27.3 Å². The fourth-order valence-electron chi connectivity index (χ4n) is 4.16. The maximum absolute atomic E-state index is 13.2. The van der Waals surface area contributed by atoms with Crippen LogP contribution in [0.2, 0.25) is 0 Å². The number of amides is 1. The summed E-state index contributed by atoms with van der Waals surface area (Å²) in [4.78, 5) is 15.0. The summed E-state index contributed by atoms with van der Waals surface area (Å²) in [5.74, 6) is 0.787. The first-order valence-corrected chi connectivity index (χ1v) is 12.8. The molecule has 1 aliphatic heterocycles. The van der Waals surface area contributed by atoms with Crippen LogP contribution in [0.3, 0.4) is 0 Å². The number of methoxy groups -OCH3 is 1. The van der Waals surface area contributed by atoms with Crippen LogP contribution in [-0.2, 0) is 21.2 Å². The van der Waals surface area contributed by atoms with Crippen molar-refractivity contribution in [3.63, 3.8) is 0 Å². The van der Waals surface area contributed by atoms with Crippen molar-refractivity contribution < 1.29 is 22.7 Å². The summed E-state index contributed by atoms with van der Waals surface area (Å²) < 4.78 is 38.8. The number of hydrogen-bond acceptors (Lipinski definition) is 6. The molecule has 0 spiro atoms. The van der Waals surface area contributed by atoms with Crippen LogP contribution in [0.4, 0.5) is 11.4 Å². The molecule has 0 saturated heterocycles. The molecule has 3 rings (SSSR count). The van der Waals surface area contributed by atoms with Crippen LogP contribution in [0.5, 0.6) is 11.5 Å². The zero-order valence-corrected chi connectivity index (χ0v) is 20.6. The van der Waals surface area contributed by atoms with Crippen molar-refractivity contribution in [3.8, 4) is 11.5 Å². The lowest BCUT2D eigenvalue weighted by Gasteiger charge is -2.32. The van der Waals surface area contributed by atoms with E-state index in [9.17, 15) is 13.2 Å². The molecular formula is C24H33N3O5S. The van der Waals surface area contributed by atoms with Gasteiger partial charge in [-0.2, -0.15) is 4.31 Å². The average molecular weight is 476 g/mol. The Morgan fingerprint density at radius 2 is 1.88 bits per heavy atom. The van der Waals surface area contributed by atoms with Crippen molar-refractivity contribution in [2.24, 2.45) is 0 Å². The van der Waals surface area contributed by atoms with Crippen LogP contribution in [0.15, 0.2) is 41.3 Å². The van der Waals surface area contributed by atoms with Gasteiger partial charge >= 0.3 is 0 Å². The van der Waals surface area contributed by atoms with E-state index in [1.54, 1.807) is 40.0 Å². The molecule has 1 heterocycles. The Hall–Kier alpha value is -2.78. The molecule has 1 N–H and O–H groups in total. The molecule has 180 valence electrons. The third-order valence-electron chi connectivity index (χ3n) is 5.68. The van der Waals surface area contributed by atoms with Crippen molar-refractivity contribution in [1.82, 2.24) is 4.31 Å². The molecule has 0 aliphatic carbocycles. The fraction of sp³-hybridized carbons (Fsp3) is 0.458. The van der Waals surface area contributed by atoms with Crippen LogP contribution in [0, 0.1) is 0 Å². The largest absolute Gasteiger partial charge is 0.495 e. The van der Waals surface area contributed by atoms with Crippen molar-refractivity contribution in [3.05, 3.63) is 42.0 Å². The number of fused-ring (bicyclic) bond motifs is 1. The highest BCUT2D eigenvalue weighted by Crippen LogP contribution is 2.36. The smallest absolute Gasteiger partial charge is 0.246 e. The number of sulfonamides is 1. The average Bonchev–Trinajstić information content (AvgIpc) is 2.80. The summed E-state index contributed by atoms with van der Waals surface area (Å²) >= 11 is 0. The first-order valence-electron chi connectivity index (χ1n) is 11.3. The summed E-state index contributed by atoms with van der Waals surface area (Å²) in [5, 5.41) is 2.85. The van der Waals surface area contributed by atoms with Gasteiger partial charge in [-0.15, -0.1) is 0 Å². The van der Waals surface area contributed by atoms with Gasteiger partial charge < -0.3 is 19.7 Å². The third-order valence-corrected chi connectivity index (χ3v) is 7.75. The van der Waals surface area contributed by atoms with E-state index < -0.39 is 10.0 Å². The summed E-state index contributed by atoms with van der Waals surface area (Å²) in [6, 6.07) is 10.6. The Balaban J connectivity index is 1.84. The minimum Gasteiger partial charge on any atom is -0.495 e.